The predicted octanol–water partition coefficient (Wildman–Crippen LogP) is 4.16. The average Bonchev–Trinajstić information content (AvgIpc) is 2.81. The van der Waals surface area contributed by atoms with Crippen molar-refractivity contribution in [3.05, 3.63) is 53.1 Å². The first-order valence-corrected chi connectivity index (χ1v) is 13.4. The minimum atomic E-state index is -3.59. The maximum Gasteiger partial charge on any atom is 0.255 e. The predicted molar refractivity (Wildman–Crippen MR) is 134 cm³/mol. The van der Waals surface area contributed by atoms with Gasteiger partial charge in [-0.05, 0) is 56.0 Å². The van der Waals surface area contributed by atoms with Crippen LogP contribution in [0.3, 0.4) is 0 Å². The van der Waals surface area contributed by atoms with Crippen molar-refractivity contribution < 1.29 is 22.7 Å². The molecule has 0 unspecified atom stereocenters. The lowest BCUT2D eigenvalue weighted by Crippen LogP contribution is -2.36. The molecule has 1 aliphatic rings. The number of rotatable bonds is 9. The van der Waals surface area contributed by atoms with E-state index in [2.05, 4.69) is 5.32 Å². The van der Waals surface area contributed by atoms with Crippen LogP contribution in [-0.2, 0) is 14.8 Å². The van der Waals surface area contributed by atoms with Gasteiger partial charge in [-0.3, -0.25) is 13.9 Å². The molecular weight excluding hydrogens is 478 g/mol. The number of nitrogens with one attached hydrogen (secondary N) is 1. The molecule has 0 bridgehead atoms. The number of para-hydroxylation sites is 1. The smallest absolute Gasteiger partial charge is 0.255 e. The van der Waals surface area contributed by atoms with Gasteiger partial charge in [-0.2, -0.15) is 0 Å². The maximum absolute atomic E-state index is 12.9. The van der Waals surface area contributed by atoms with E-state index in [9.17, 15) is 18.0 Å². The molecule has 2 amide bonds. The van der Waals surface area contributed by atoms with Gasteiger partial charge < -0.3 is 15.0 Å². The lowest BCUT2D eigenvalue weighted by atomic mass is 10.1. The maximum atomic E-state index is 12.9. The third-order valence-corrected chi connectivity index (χ3v) is 7.15. The Bertz CT molecular complexity index is 1130. The van der Waals surface area contributed by atoms with E-state index >= 15 is 0 Å². The molecule has 184 valence electrons. The van der Waals surface area contributed by atoms with Gasteiger partial charge in [0, 0.05) is 26.1 Å². The van der Waals surface area contributed by atoms with Crippen molar-refractivity contribution in [2.24, 2.45) is 0 Å². The number of carbonyl (C=O) groups excluding carboxylic acids is 2. The largest absolute Gasteiger partial charge is 0.495 e. The van der Waals surface area contributed by atoms with Crippen LogP contribution in [0.25, 0.3) is 0 Å². The van der Waals surface area contributed by atoms with Crippen molar-refractivity contribution in [2.75, 3.05) is 42.6 Å². The summed E-state index contributed by atoms with van der Waals surface area (Å²) in [5.41, 5.74) is 1.32. The van der Waals surface area contributed by atoms with Crippen molar-refractivity contribution in [1.82, 2.24) is 4.90 Å². The fraction of sp³-hybridized carbons (Fsp3) is 0.417. The van der Waals surface area contributed by atoms with Crippen LogP contribution in [0.5, 0.6) is 5.75 Å². The quantitative estimate of drug-likeness (QED) is 0.549. The average molecular weight is 508 g/mol. The number of carbonyl (C=O) groups is 2. The molecule has 0 spiro atoms. The second kappa shape index (κ2) is 11.6. The molecule has 2 aromatic rings. The number of sulfonamides is 1. The molecule has 34 heavy (non-hydrogen) atoms. The van der Waals surface area contributed by atoms with Gasteiger partial charge >= 0.3 is 0 Å². The molecule has 1 heterocycles. The van der Waals surface area contributed by atoms with Crippen LogP contribution in [0, 0.1) is 0 Å². The molecule has 8 nitrogen and oxygen atoms in total. The fourth-order valence-corrected chi connectivity index (χ4v) is 5.15. The van der Waals surface area contributed by atoms with Crippen LogP contribution in [0.4, 0.5) is 11.4 Å². The minimum absolute atomic E-state index is 0.0855. The second-order valence-electron chi connectivity index (χ2n) is 8.20. The van der Waals surface area contributed by atoms with Crippen LogP contribution >= 0.6 is 11.6 Å². The number of methoxy groups -OCH3 is 1. The summed E-state index contributed by atoms with van der Waals surface area (Å²) in [6.07, 6.45) is 4.56. The van der Waals surface area contributed by atoms with Crippen LogP contribution in [-0.4, -0.2) is 58.1 Å². The van der Waals surface area contributed by atoms with Gasteiger partial charge in [-0.1, -0.05) is 23.7 Å². The van der Waals surface area contributed by atoms with Gasteiger partial charge in [0.2, 0.25) is 15.9 Å². The van der Waals surface area contributed by atoms with E-state index in [1.807, 2.05) is 4.90 Å². The first-order valence-electron chi connectivity index (χ1n) is 11.2. The van der Waals surface area contributed by atoms with Crippen LogP contribution < -0.4 is 14.4 Å². The van der Waals surface area contributed by atoms with E-state index in [1.54, 1.807) is 36.4 Å². The number of amides is 2. The highest BCUT2D eigenvalue weighted by Gasteiger charge is 2.22. The molecule has 0 saturated carbocycles. The zero-order valence-electron chi connectivity index (χ0n) is 19.4. The number of ether oxygens (including phenoxy) is 1. The third kappa shape index (κ3) is 6.64. The molecule has 0 aliphatic carbocycles. The number of halogens is 1. The Balaban J connectivity index is 1.63. The highest BCUT2D eigenvalue weighted by molar-refractivity contribution is 7.92. The highest BCUT2D eigenvalue weighted by atomic mass is 35.5. The van der Waals surface area contributed by atoms with E-state index in [-0.39, 0.29) is 31.2 Å². The minimum Gasteiger partial charge on any atom is -0.495 e. The molecule has 1 saturated heterocycles. The van der Waals surface area contributed by atoms with Crippen molar-refractivity contribution >= 4 is 44.8 Å². The fourth-order valence-electron chi connectivity index (χ4n) is 3.94. The lowest BCUT2D eigenvalue weighted by molar-refractivity contribution is -0.116. The Hall–Kier alpha value is -2.78. The third-order valence-electron chi connectivity index (χ3n) is 5.66. The Labute approximate surface area is 205 Å². The number of piperidine rings is 1. The van der Waals surface area contributed by atoms with Crippen molar-refractivity contribution in [3.63, 3.8) is 0 Å². The summed E-state index contributed by atoms with van der Waals surface area (Å²) in [6, 6.07) is 11.7. The molecule has 0 atom stereocenters. The van der Waals surface area contributed by atoms with Crippen LogP contribution in [0.1, 0.15) is 42.5 Å². The van der Waals surface area contributed by atoms with Crippen LogP contribution in [0.2, 0.25) is 5.02 Å². The van der Waals surface area contributed by atoms with Gasteiger partial charge in [0.1, 0.15) is 5.75 Å². The normalized spacial score (nSPS) is 13.9. The standard InChI is InChI=1S/C24H30ClN3O5S/c1-33-22-13-12-18(17-20(22)25)28(34(2,31)32)16-8-11-23(29)26-21-10-5-4-9-19(21)24(30)27-14-6-3-7-15-27/h4-5,9-10,12-13,17H,3,6-8,11,14-16H2,1-2H3,(H,26,29). The summed E-state index contributed by atoms with van der Waals surface area (Å²) >= 11 is 6.15. The zero-order chi connectivity index (χ0) is 24.7. The Morgan fingerprint density at radius 3 is 2.47 bits per heavy atom. The number of benzene rings is 2. The summed E-state index contributed by atoms with van der Waals surface area (Å²) < 4.78 is 31.0. The first-order chi connectivity index (χ1) is 16.2. The number of nitrogens with zero attached hydrogens (tertiary/aromatic N) is 2. The highest BCUT2D eigenvalue weighted by Crippen LogP contribution is 2.30. The monoisotopic (exact) mass is 507 g/mol. The van der Waals surface area contributed by atoms with Gasteiger partial charge in [-0.25, -0.2) is 8.42 Å². The van der Waals surface area contributed by atoms with E-state index < -0.39 is 10.0 Å². The van der Waals surface area contributed by atoms with Crippen molar-refractivity contribution in [3.8, 4) is 5.75 Å². The van der Waals surface area contributed by atoms with E-state index in [4.69, 9.17) is 16.3 Å². The topological polar surface area (TPSA) is 96.0 Å². The van der Waals surface area contributed by atoms with E-state index in [1.165, 1.54) is 17.5 Å². The van der Waals surface area contributed by atoms with Gasteiger partial charge in [0.05, 0.1) is 35.3 Å². The van der Waals surface area contributed by atoms with E-state index in [0.29, 0.717) is 27.7 Å². The summed E-state index contributed by atoms with van der Waals surface area (Å²) in [4.78, 5) is 27.4. The Morgan fingerprint density at radius 2 is 1.82 bits per heavy atom. The Morgan fingerprint density at radius 1 is 1.12 bits per heavy atom. The number of anilines is 2. The van der Waals surface area contributed by atoms with Crippen LogP contribution in [0.15, 0.2) is 42.5 Å². The summed E-state index contributed by atoms with van der Waals surface area (Å²) in [5.74, 6) is 0.0614. The molecule has 2 aromatic carbocycles. The summed E-state index contributed by atoms with van der Waals surface area (Å²) in [5, 5.41) is 3.11. The van der Waals surface area contributed by atoms with E-state index in [0.717, 1.165) is 38.6 Å². The SMILES string of the molecule is COc1ccc(N(CCCC(=O)Nc2ccccc2C(=O)N2CCCCC2)S(C)(=O)=O)cc1Cl. The molecule has 10 heteroatoms. The molecule has 3 rings (SSSR count). The van der Waals surface area contributed by atoms with Crippen molar-refractivity contribution in [2.45, 2.75) is 32.1 Å². The first kappa shape index (κ1) is 25.8. The number of likely N-dealkylation sites (tertiary alicyclic amines) is 1. The number of hydrogen-bond acceptors (Lipinski definition) is 5. The zero-order valence-corrected chi connectivity index (χ0v) is 21.0. The number of hydrogen-bond donors (Lipinski definition) is 1. The molecular formula is C24H30ClN3O5S. The van der Waals surface area contributed by atoms with Gasteiger partial charge in [0.15, 0.2) is 0 Å². The molecule has 0 radical (unpaired) electrons. The summed E-state index contributed by atoms with van der Waals surface area (Å²) in [6.45, 7) is 1.54. The van der Waals surface area contributed by atoms with Gasteiger partial charge in [-0.15, -0.1) is 0 Å². The summed E-state index contributed by atoms with van der Waals surface area (Å²) in [7, 11) is -2.11. The second-order valence-corrected chi connectivity index (χ2v) is 10.5. The molecule has 1 N–H and O–H groups in total. The molecule has 1 aliphatic heterocycles. The molecule has 1 fully saturated rings. The van der Waals surface area contributed by atoms with Crippen molar-refractivity contribution in [1.29, 1.82) is 0 Å². The Kier molecular flexibility index (Phi) is 8.79. The lowest BCUT2D eigenvalue weighted by Gasteiger charge is -2.27. The van der Waals surface area contributed by atoms with Gasteiger partial charge in [0.25, 0.3) is 5.91 Å². The molecule has 0 aromatic heterocycles.